The summed E-state index contributed by atoms with van der Waals surface area (Å²) in [6.07, 6.45) is 1.01. The van der Waals surface area contributed by atoms with Crippen molar-refractivity contribution in [3.05, 3.63) is 70.7 Å². The Hall–Kier alpha value is -3.46. The predicted octanol–water partition coefficient (Wildman–Crippen LogP) is 4.63. The van der Waals surface area contributed by atoms with Crippen LogP contribution in [-0.2, 0) is 0 Å². The minimum atomic E-state index is -0.693. The monoisotopic (exact) mass is 403 g/mol. The molecule has 0 aliphatic carbocycles. The largest absolute Gasteiger partial charge is 0.492 e. The summed E-state index contributed by atoms with van der Waals surface area (Å²) in [5.74, 6) is 0.411. The number of rotatable bonds is 8. The minimum Gasteiger partial charge on any atom is -0.492 e. The smallest absolute Gasteiger partial charge is 0.271 e. The second-order valence-corrected chi connectivity index (χ2v) is 5.89. The molecule has 28 heavy (non-hydrogen) atoms. The fraction of sp³-hybridized carbons (Fsp3) is 0.111. The number of non-ortho nitro benzene ring substituents is 1. The highest BCUT2D eigenvalue weighted by Gasteiger charge is 2.11. The van der Waals surface area contributed by atoms with Crippen LogP contribution in [0.1, 0.15) is 0 Å². The fourth-order valence-corrected chi connectivity index (χ4v) is 2.35. The molecule has 144 valence electrons. The van der Waals surface area contributed by atoms with E-state index in [2.05, 4.69) is 20.6 Å². The zero-order chi connectivity index (χ0) is 19.9. The van der Waals surface area contributed by atoms with Crippen molar-refractivity contribution in [1.82, 2.24) is 9.97 Å². The van der Waals surface area contributed by atoms with E-state index in [1.54, 1.807) is 30.3 Å². The van der Waals surface area contributed by atoms with Gasteiger partial charge in [-0.05, 0) is 30.3 Å². The van der Waals surface area contributed by atoms with Crippen molar-refractivity contribution < 1.29 is 14.1 Å². The molecule has 0 atom stereocenters. The molecule has 10 heteroatoms. The Morgan fingerprint density at radius 1 is 1.14 bits per heavy atom. The number of nitro groups is 1. The van der Waals surface area contributed by atoms with Crippen LogP contribution in [0.15, 0.2) is 54.7 Å². The van der Waals surface area contributed by atoms with Crippen molar-refractivity contribution in [3.63, 3.8) is 0 Å². The highest BCUT2D eigenvalue weighted by Crippen LogP contribution is 2.24. The van der Waals surface area contributed by atoms with Crippen LogP contribution in [0.25, 0.3) is 0 Å². The van der Waals surface area contributed by atoms with Gasteiger partial charge in [-0.1, -0.05) is 6.07 Å². The number of benzene rings is 2. The second-order valence-electron chi connectivity index (χ2n) is 5.51. The molecule has 0 aliphatic rings. The molecule has 0 bridgehead atoms. The van der Waals surface area contributed by atoms with Crippen molar-refractivity contribution in [2.45, 2.75) is 0 Å². The molecular formula is C18H15ClFN5O3. The summed E-state index contributed by atoms with van der Waals surface area (Å²) in [6.45, 7) is 0.405. The molecule has 1 aromatic heterocycles. The van der Waals surface area contributed by atoms with Crippen molar-refractivity contribution in [2.75, 3.05) is 23.1 Å². The van der Waals surface area contributed by atoms with Crippen molar-refractivity contribution in [2.24, 2.45) is 0 Å². The van der Waals surface area contributed by atoms with Crippen LogP contribution >= 0.6 is 11.6 Å². The van der Waals surface area contributed by atoms with Gasteiger partial charge < -0.3 is 15.4 Å². The summed E-state index contributed by atoms with van der Waals surface area (Å²) in [4.78, 5) is 18.3. The SMILES string of the molecule is O=[N+]([O-])c1cccc(Nc2nc(Nc3ccc(OCCCl)cc3)ncc2F)c1. The normalized spacial score (nSPS) is 10.4. The number of hydrogen-bond acceptors (Lipinski definition) is 7. The van der Waals surface area contributed by atoms with Gasteiger partial charge >= 0.3 is 0 Å². The summed E-state index contributed by atoms with van der Waals surface area (Å²) in [7, 11) is 0. The van der Waals surface area contributed by atoms with Gasteiger partial charge in [0.25, 0.3) is 5.69 Å². The van der Waals surface area contributed by atoms with Gasteiger partial charge in [0.1, 0.15) is 12.4 Å². The lowest BCUT2D eigenvalue weighted by molar-refractivity contribution is -0.384. The maximum Gasteiger partial charge on any atom is 0.271 e. The molecule has 3 rings (SSSR count). The Kier molecular flexibility index (Phi) is 6.18. The van der Waals surface area contributed by atoms with Crippen LogP contribution in [-0.4, -0.2) is 27.4 Å². The lowest BCUT2D eigenvalue weighted by Crippen LogP contribution is -2.03. The van der Waals surface area contributed by atoms with E-state index < -0.39 is 10.7 Å². The molecule has 0 aliphatic heterocycles. The van der Waals surface area contributed by atoms with Crippen LogP contribution in [0, 0.1) is 15.9 Å². The molecule has 2 aromatic carbocycles. The van der Waals surface area contributed by atoms with E-state index in [1.807, 2.05) is 0 Å². The number of alkyl halides is 1. The average molecular weight is 404 g/mol. The van der Waals surface area contributed by atoms with E-state index in [1.165, 1.54) is 18.2 Å². The first-order chi connectivity index (χ1) is 13.5. The fourth-order valence-electron chi connectivity index (χ4n) is 2.27. The van der Waals surface area contributed by atoms with E-state index in [4.69, 9.17) is 16.3 Å². The molecule has 0 unspecified atom stereocenters. The molecule has 1 heterocycles. The van der Waals surface area contributed by atoms with Crippen LogP contribution in [0.4, 0.5) is 33.2 Å². The average Bonchev–Trinajstić information content (AvgIpc) is 2.70. The Morgan fingerprint density at radius 3 is 2.64 bits per heavy atom. The highest BCUT2D eigenvalue weighted by atomic mass is 35.5. The third-order valence-corrected chi connectivity index (χ3v) is 3.67. The van der Waals surface area contributed by atoms with Crippen molar-refractivity contribution in [3.8, 4) is 5.75 Å². The summed E-state index contributed by atoms with van der Waals surface area (Å²) >= 11 is 5.58. The summed E-state index contributed by atoms with van der Waals surface area (Å²) in [5, 5.41) is 16.5. The number of nitrogens with one attached hydrogen (secondary N) is 2. The Bertz CT molecular complexity index is 972. The van der Waals surface area contributed by atoms with Gasteiger partial charge in [0.2, 0.25) is 5.95 Å². The first-order valence-electron chi connectivity index (χ1n) is 8.15. The summed E-state index contributed by atoms with van der Waals surface area (Å²) in [6, 6.07) is 12.7. The van der Waals surface area contributed by atoms with Crippen LogP contribution in [0.3, 0.4) is 0 Å². The van der Waals surface area contributed by atoms with E-state index in [0.29, 0.717) is 29.6 Å². The van der Waals surface area contributed by atoms with E-state index in [0.717, 1.165) is 6.20 Å². The summed E-state index contributed by atoms with van der Waals surface area (Å²) < 4.78 is 19.4. The first kappa shape index (κ1) is 19.3. The molecular weight excluding hydrogens is 389 g/mol. The highest BCUT2D eigenvalue weighted by molar-refractivity contribution is 6.18. The minimum absolute atomic E-state index is 0.111. The third-order valence-electron chi connectivity index (χ3n) is 3.52. The zero-order valence-corrected chi connectivity index (χ0v) is 15.2. The third kappa shape index (κ3) is 5.04. The van der Waals surface area contributed by atoms with Crippen LogP contribution < -0.4 is 15.4 Å². The van der Waals surface area contributed by atoms with Gasteiger partial charge in [-0.25, -0.2) is 9.37 Å². The van der Waals surface area contributed by atoms with Crippen molar-refractivity contribution in [1.29, 1.82) is 0 Å². The second kappa shape index (κ2) is 8.96. The predicted molar refractivity (Wildman–Crippen MR) is 104 cm³/mol. The molecule has 2 N–H and O–H groups in total. The summed E-state index contributed by atoms with van der Waals surface area (Å²) in [5.41, 5.74) is 0.888. The molecule has 0 fully saturated rings. The number of aromatic nitrogens is 2. The zero-order valence-electron chi connectivity index (χ0n) is 14.4. The van der Waals surface area contributed by atoms with Crippen LogP contribution in [0.5, 0.6) is 5.75 Å². The first-order valence-corrected chi connectivity index (χ1v) is 8.68. The number of nitrogens with zero attached hydrogens (tertiary/aromatic N) is 3. The number of ether oxygens (including phenoxy) is 1. The van der Waals surface area contributed by atoms with Gasteiger partial charge in [0.05, 0.1) is 17.0 Å². The lowest BCUT2D eigenvalue weighted by Gasteiger charge is -2.10. The van der Waals surface area contributed by atoms with Gasteiger partial charge in [-0.15, -0.1) is 11.6 Å². The van der Waals surface area contributed by atoms with E-state index >= 15 is 0 Å². The Labute approximate surface area is 164 Å². The molecule has 0 saturated carbocycles. The number of anilines is 4. The lowest BCUT2D eigenvalue weighted by atomic mass is 10.3. The topological polar surface area (TPSA) is 102 Å². The standard InChI is InChI=1S/C18H15ClFN5O3/c19-8-9-28-15-6-4-12(5-7-15)23-18-21-11-16(20)17(24-18)22-13-2-1-3-14(10-13)25(26)27/h1-7,10-11H,8-9H2,(H2,21,22,23,24). The van der Waals surface area contributed by atoms with E-state index in [-0.39, 0.29) is 17.5 Å². The van der Waals surface area contributed by atoms with Crippen molar-refractivity contribution >= 4 is 40.4 Å². The maximum absolute atomic E-state index is 14.0. The Morgan fingerprint density at radius 2 is 1.93 bits per heavy atom. The molecule has 3 aromatic rings. The molecule has 8 nitrogen and oxygen atoms in total. The number of nitro benzene ring substituents is 1. The van der Waals surface area contributed by atoms with Crippen LogP contribution in [0.2, 0.25) is 0 Å². The Balaban J connectivity index is 1.74. The molecule has 0 spiro atoms. The quantitative estimate of drug-likeness (QED) is 0.321. The molecule has 0 amide bonds. The van der Waals surface area contributed by atoms with Gasteiger partial charge in [0.15, 0.2) is 11.6 Å². The molecule has 0 saturated heterocycles. The maximum atomic E-state index is 14.0. The number of halogens is 2. The van der Waals surface area contributed by atoms with E-state index in [9.17, 15) is 14.5 Å². The van der Waals surface area contributed by atoms with Gasteiger partial charge in [-0.2, -0.15) is 4.98 Å². The van der Waals surface area contributed by atoms with Gasteiger partial charge in [-0.3, -0.25) is 10.1 Å². The molecule has 0 radical (unpaired) electrons. The van der Waals surface area contributed by atoms with Gasteiger partial charge in [0, 0.05) is 23.5 Å². The number of hydrogen-bond donors (Lipinski definition) is 2.